The quantitative estimate of drug-likeness (QED) is 0.331. The molecule has 162 valence electrons. The highest BCUT2D eigenvalue weighted by molar-refractivity contribution is 6.04. The third kappa shape index (κ3) is 3.65. The van der Waals surface area contributed by atoms with Gasteiger partial charge < -0.3 is 16.0 Å². The lowest BCUT2D eigenvalue weighted by Crippen LogP contribution is -2.19. The molecule has 0 spiro atoms. The van der Waals surface area contributed by atoms with Crippen molar-refractivity contribution in [1.29, 1.82) is 0 Å². The normalized spacial score (nSPS) is 11.1. The van der Waals surface area contributed by atoms with E-state index in [9.17, 15) is 9.59 Å². The summed E-state index contributed by atoms with van der Waals surface area (Å²) >= 11 is 0. The van der Waals surface area contributed by atoms with Gasteiger partial charge in [0.2, 0.25) is 5.91 Å². The van der Waals surface area contributed by atoms with Crippen LogP contribution in [0.25, 0.3) is 38.7 Å². The Labute approximate surface area is 187 Å². The van der Waals surface area contributed by atoms with Crippen molar-refractivity contribution in [2.24, 2.45) is 5.11 Å². The van der Waals surface area contributed by atoms with E-state index in [0.717, 1.165) is 27.5 Å². The van der Waals surface area contributed by atoms with Gasteiger partial charge in [0.15, 0.2) is 0 Å². The fourth-order valence-electron chi connectivity index (χ4n) is 3.86. The van der Waals surface area contributed by atoms with Gasteiger partial charge in [-0.05, 0) is 55.0 Å². The van der Waals surface area contributed by atoms with E-state index in [0.29, 0.717) is 16.9 Å². The zero-order valence-electron chi connectivity index (χ0n) is 17.6. The van der Waals surface area contributed by atoms with Crippen LogP contribution in [0, 0.1) is 6.92 Å². The van der Waals surface area contributed by atoms with Crippen LogP contribution < -0.4 is 10.9 Å². The number of hydrogen-bond acceptors (Lipinski definition) is 5. The Bertz CT molecular complexity index is 1590. The molecular weight excluding hydrogens is 418 g/mol. The largest absolute Gasteiger partial charge is 0.711 e. The highest BCUT2D eigenvalue weighted by Gasteiger charge is 2.13. The Morgan fingerprint density at radius 3 is 2.76 bits per heavy atom. The van der Waals surface area contributed by atoms with Crippen LogP contribution in [0.3, 0.4) is 0 Å². The van der Waals surface area contributed by atoms with E-state index in [2.05, 4.69) is 20.5 Å². The third-order valence-electron chi connectivity index (χ3n) is 5.44. The summed E-state index contributed by atoms with van der Waals surface area (Å²) in [6.45, 7) is 1.47. The van der Waals surface area contributed by atoms with Crippen LogP contribution in [0.4, 0.5) is 5.69 Å². The first-order chi connectivity index (χ1) is 16.0. The molecule has 0 unspecified atom stereocenters. The summed E-state index contributed by atoms with van der Waals surface area (Å²) in [5, 5.41) is 11.5. The molecule has 0 atom stereocenters. The monoisotopic (exact) mass is 436 g/mol. The molecule has 3 aromatic heterocycles. The number of carbonyl (C=O) groups is 1. The number of nitrogens with zero attached hydrogens (tertiary/aromatic N) is 6. The van der Waals surface area contributed by atoms with Crippen molar-refractivity contribution in [3.05, 3.63) is 94.6 Å². The van der Waals surface area contributed by atoms with Gasteiger partial charge in [0.05, 0.1) is 29.0 Å². The summed E-state index contributed by atoms with van der Waals surface area (Å²) in [4.78, 5) is 29.6. The molecule has 0 saturated heterocycles. The van der Waals surface area contributed by atoms with Crippen molar-refractivity contribution in [2.75, 3.05) is 11.9 Å². The first kappa shape index (κ1) is 20.3. The molecule has 9 heteroatoms. The van der Waals surface area contributed by atoms with Gasteiger partial charge in [0, 0.05) is 41.1 Å². The van der Waals surface area contributed by atoms with E-state index in [1.165, 1.54) is 6.07 Å². The van der Waals surface area contributed by atoms with Gasteiger partial charge in [0.1, 0.15) is 0 Å². The molecule has 0 aliphatic heterocycles. The van der Waals surface area contributed by atoms with Gasteiger partial charge in [0.25, 0.3) is 5.56 Å². The predicted molar refractivity (Wildman–Crippen MR) is 126 cm³/mol. The van der Waals surface area contributed by atoms with Crippen molar-refractivity contribution in [3.8, 4) is 11.4 Å². The lowest BCUT2D eigenvalue weighted by Gasteiger charge is -2.15. The van der Waals surface area contributed by atoms with Gasteiger partial charge in [-0.25, -0.2) is 4.68 Å². The maximum absolute atomic E-state index is 13.1. The van der Waals surface area contributed by atoms with Gasteiger partial charge in [-0.3, -0.25) is 19.1 Å². The van der Waals surface area contributed by atoms with Crippen molar-refractivity contribution >= 4 is 33.4 Å². The Kier molecular flexibility index (Phi) is 4.98. The van der Waals surface area contributed by atoms with E-state index < -0.39 is 5.91 Å². The minimum absolute atomic E-state index is 0.217. The number of aromatic nitrogens is 4. The Morgan fingerprint density at radius 1 is 1.12 bits per heavy atom. The van der Waals surface area contributed by atoms with Crippen molar-refractivity contribution in [3.63, 3.8) is 0 Å². The van der Waals surface area contributed by atoms with Crippen LogP contribution in [0.2, 0.25) is 0 Å². The first-order valence-electron chi connectivity index (χ1n) is 10.2. The number of benzene rings is 2. The molecule has 1 N–H and O–H groups in total. The smallest absolute Gasteiger partial charge is 0.255 e. The molecule has 1 amide bonds. The Balaban J connectivity index is 1.77. The number of aryl methyl sites for hydroxylation is 1. The predicted octanol–water partition coefficient (Wildman–Crippen LogP) is 3.99. The van der Waals surface area contributed by atoms with Crippen LogP contribution in [0.5, 0.6) is 0 Å². The minimum Gasteiger partial charge on any atom is -0.711 e. The highest BCUT2D eigenvalue weighted by atomic mass is 16.2. The van der Waals surface area contributed by atoms with Crippen LogP contribution in [0.15, 0.2) is 83.1 Å². The number of pyridine rings is 2. The number of carbonyl (C=O) groups excluding carboxylic acids is 1. The van der Waals surface area contributed by atoms with Crippen LogP contribution in [0.1, 0.15) is 5.56 Å². The Hall–Kier alpha value is -4.66. The molecule has 0 saturated carbocycles. The van der Waals surface area contributed by atoms with E-state index in [-0.39, 0.29) is 12.1 Å². The molecule has 0 aliphatic carbocycles. The van der Waals surface area contributed by atoms with Gasteiger partial charge >= 0.3 is 0 Å². The average Bonchev–Trinajstić information content (AvgIpc) is 3.35. The minimum atomic E-state index is -0.457. The van der Waals surface area contributed by atoms with E-state index in [1.807, 2.05) is 49.5 Å². The molecular formula is C24H18N7O2-. The SMILES string of the molecule is Cc1ccc(-n2c(=O)ccc3cnc4ccc(-n5cccn5)cc4c32)cc1NC(=O)CN=[N-]. The molecule has 3 heterocycles. The van der Waals surface area contributed by atoms with Gasteiger partial charge in [-0.2, -0.15) is 5.10 Å². The second kappa shape index (κ2) is 8.12. The fraction of sp³-hybridized carbons (Fsp3) is 0.0833. The first-order valence-corrected chi connectivity index (χ1v) is 10.2. The summed E-state index contributed by atoms with van der Waals surface area (Å²) in [6, 6.07) is 16.2. The lowest BCUT2D eigenvalue weighted by atomic mass is 10.1. The number of fused-ring (bicyclic) bond motifs is 3. The molecule has 0 radical (unpaired) electrons. The summed E-state index contributed by atoms with van der Waals surface area (Å²) < 4.78 is 3.35. The van der Waals surface area contributed by atoms with Crippen molar-refractivity contribution in [2.45, 2.75) is 6.92 Å². The molecule has 0 fully saturated rings. The molecule has 33 heavy (non-hydrogen) atoms. The van der Waals surface area contributed by atoms with Crippen molar-refractivity contribution in [1.82, 2.24) is 19.3 Å². The number of amides is 1. The second-order valence-corrected chi connectivity index (χ2v) is 7.57. The number of anilines is 1. The molecule has 5 aromatic rings. The van der Waals surface area contributed by atoms with E-state index in [4.69, 9.17) is 5.53 Å². The number of rotatable bonds is 5. The molecule has 5 rings (SSSR count). The molecule has 0 aliphatic rings. The molecule has 9 nitrogen and oxygen atoms in total. The lowest BCUT2D eigenvalue weighted by molar-refractivity contribution is -0.114. The Morgan fingerprint density at radius 2 is 1.97 bits per heavy atom. The summed E-state index contributed by atoms with van der Waals surface area (Å²) in [5.74, 6) is -0.457. The summed E-state index contributed by atoms with van der Waals surface area (Å²) in [5.41, 5.74) is 12.7. The van der Waals surface area contributed by atoms with Gasteiger partial charge in [-0.1, -0.05) is 6.07 Å². The number of nitrogens with one attached hydrogen (secondary N) is 1. The number of hydrogen-bond donors (Lipinski definition) is 1. The van der Waals surface area contributed by atoms with Crippen LogP contribution in [-0.2, 0) is 4.79 Å². The zero-order valence-corrected chi connectivity index (χ0v) is 17.6. The maximum atomic E-state index is 13.1. The standard InChI is InChI=1S/C24H18N7O2/c1-15-3-5-18(12-21(15)29-22(32)14-27-25)31-23(33)8-4-16-13-26-20-7-6-17(11-19(20)24(16)31)30-10-2-9-28-30/h2-13H,14H2,1H3,(H,29,32)/q-1. The molecule has 0 bridgehead atoms. The highest BCUT2D eigenvalue weighted by Crippen LogP contribution is 2.28. The zero-order chi connectivity index (χ0) is 22.9. The second-order valence-electron chi connectivity index (χ2n) is 7.57. The summed E-state index contributed by atoms with van der Waals surface area (Å²) in [6.07, 6.45) is 5.29. The summed E-state index contributed by atoms with van der Waals surface area (Å²) in [7, 11) is 0. The topological polar surface area (TPSA) is 116 Å². The maximum Gasteiger partial charge on any atom is 0.255 e. The van der Waals surface area contributed by atoms with E-state index >= 15 is 0 Å². The van der Waals surface area contributed by atoms with Gasteiger partial charge in [-0.15, -0.1) is 0 Å². The fourth-order valence-corrected chi connectivity index (χ4v) is 3.86. The third-order valence-corrected chi connectivity index (χ3v) is 5.44. The van der Waals surface area contributed by atoms with E-state index in [1.54, 1.807) is 33.8 Å². The van der Waals surface area contributed by atoms with Crippen LogP contribution >= 0.6 is 0 Å². The average molecular weight is 436 g/mol. The van der Waals surface area contributed by atoms with Crippen molar-refractivity contribution < 1.29 is 4.79 Å². The molecule has 2 aromatic carbocycles. The van der Waals surface area contributed by atoms with Crippen LogP contribution in [-0.4, -0.2) is 31.8 Å².